The molecule has 2 rings (SSSR count). The molecular formula is C18H23NO3. The predicted molar refractivity (Wildman–Crippen MR) is 86.1 cm³/mol. The van der Waals surface area contributed by atoms with Crippen molar-refractivity contribution in [3.63, 3.8) is 0 Å². The molecule has 0 radical (unpaired) electrons. The van der Waals surface area contributed by atoms with Crippen molar-refractivity contribution in [3.05, 3.63) is 52.5 Å². The van der Waals surface area contributed by atoms with Gasteiger partial charge in [-0.3, -0.25) is 4.79 Å². The second kappa shape index (κ2) is 7.16. The van der Waals surface area contributed by atoms with Crippen molar-refractivity contribution < 1.29 is 13.9 Å². The van der Waals surface area contributed by atoms with E-state index in [2.05, 4.69) is 11.4 Å². The number of benzene rings is 1. The van der Waals surface area contributed by atoms with Crippen LogP contribution in [0.1, 0.15) is 34.6 Å². The van der Waals surface area contributed by atoms with E-state index in [9.17, 15) is 4.79 Å². The lowest BCUT2D eigenvalue weighted by atomic mass is 10.1. The van der Waals surface area contributed by atoms with Crippen molar-refractivity contribution in [2.45, 2.75) is 40.7 Å². The van der Waals surface area contributed by atoms with Crippen molar-refractivity contribution in [2.75, 3.05) is 6.61 Å². The molecule has 0 unspecified atom stereocenters. The van der Waals surface area contributed by atoms with Crippen LogP contribution < -0.4 is 10.1 Å². The molecule has 1 amide bonds. The van der Waals surface area contributed by atoms with Crippen LogP contribution in [0.5, 0.6) is 5.75 Å². The molecule has 0 fully saturated rings. The quantitative estimate of drug-likeness (QED) is 0.887. The molecule has 4 heteroatoms. The van der Waals surface area contributed by atoms with Crippen LogP contribution in [0, 0.1) is 27.7 Å². The maximum atomic E-state index is 11.8. The molecule has 0 saturated carbocycles. The highest BCUT2D eigenvalue weighted by molar-refractivity contribution is 5.76. The first-order chi connectivity index (χ1) is 10.4. The zero-order valence-corrected chi connectivity index (χ0v) is 13.7. The van der Waals surface area contributed by atoms with Crippen LogP contribution in [-0.2, 0) is 11.3 Å². The van der Waals surface area contributed by atoms with E-state index in [1.807, 2.05) is 45.9 Å². The van der Waals surface area contributed by atoms with Crippen LogP contribution in [0.2, 0.25) is 0 Å². The average Bonchev–Trinajstić information content (AvgIpc) is 2.73. The number of ether oxygens (including phenoxy) is 1. The first-order valence-corrected chi connectivity index (χ1v) is 7.48. The Morgan fingerprint density at radius 3 is 2.36 bits per heavy atom. The largest absolute Gasteiger partial charge is 0.493 e. The third-order valence-electron chi connectivity index (χ3n) is 3.41. The number of aryl methyl sites for hydroxylation is 4. The summed E-state index contributed by atoms with van der Waals surface area (Å²) in [7, 11) is 0. The Bertz CT molecular complexity index is 638. The number of hydrogen-bond acceptors (Lipinski definition) is 3. The Labute approximate surface area is 131 Å². The molecule has 22 heavy (non-hydrogen) atoms. The highest BCUT2D eigenvalue weighted by Crippen LogP contribution is 2.16. The van der Waals surface area contributed by atoms with Crippen LogP contribution in [0.15, 0.2) is 28.7 Å². The Morgan fingerprint density at radius 1 is 1.09 bits per heavy atom. The molecule has 1 N–H and O–H groups in total. The van der Waals surface area contributed by atoms with Gasteiger partial charge in [-0.1, -0.05) is 6.07 Å². The molecule has 0 bridgehead atoms. The van der Waals surface area contributed by atoms with Crippen LogP contribution >= 0.6 is 0 Å². The van der Waals surface area contributed by atoms with E-state index in [4.69, 9.17) is 9.15 Å². The first-order valence-electron chi connectivity index (χ1n) is 7.48. The van der Waals surface area contributed by atoms with Crippen LogP contribution in [0.4, 0.5) is 0 Å². The van der Waals surface area contributed by atoms with Gasteiger partial charge in [-0.05, 0) is 57.0 Å². The molecule has 0 aliphatic carbocycles. The molecule has 4 nitrogen and oxygen atoms in total. The van der Waals surface area contributed by atoms with E-state index < -0.39 is 0 Å². The second-order valence-corrected chi connectivity index (χ2v) is 5.64. The van der Waals surface area contributed by atoms with E-state index >= 15 is 0 Å². The molecule has 0 spiro atoms. The summed E-state index contributed by atoms with van der Waals surface area (Å²) in [5, 5.41) is 2.88. The molecule has 118 valence electrons. The summed E-state index contributed by atoms with van der Waals surface area (Å²) in [6.45, 7) is 8.72. The Balaban J connectivity index is 1.75. The monoisotopic (exact) mass is 301 g/mol. The fourth-order valence-electron chi connectivity index (χ4n) is 2.42. The third kappa shape index (κ3) is 4.65. The summed E-state index contributed by atoms with van der Waals surface area (Å²) in [5.41, 5.74) is 3.33. The van der Waals surface area contributed by atoms with Crippen LogP contribution in [0.25, 0.3) is 0 Å². The van der Waals surface area contributed by atoms with Gasteiger partial charge in [0.25, 0.3) is 0 Å². The zero-order valence-electron chi connectivity index (χ0n) is 13.7. The van der Waals surface area contributed by atoms with Gasteiger partial charge in [-0.2, -0.15) is 0 Å². The van der Waals surface area contributed by atoms with Gasteiger partial charge < -0.3 is 14.5 Å². The highest BCUT2D eigenvalue weighted by Gasteiger charge is 2.07. The third-order valence-corrected chi connectivity index (χ3v) is 3.41. The van der Waals surface area contributed by atoms with E-state index in [0.29, 0.717) is 19.6 Å². The molecule has 0 saturated heterocycles. The van der Waals surface area contributed by atoms with E-state index in [1.165, 1.54) is 0 Å². The smallest absolute Gasteiger partial charge is 0.223 e. The Hall–Kier alpha value is -2.23. The van der Waals surface area contributed by atoms with Gasteiger partial charge in [-0.25, -0.2) is 0 Å². The van der Waals surface area contributed by atoms with Crippen LogP contribution in [-0.4, -0.2) is 12.5 Å². The standard InChI is InChI=1S/C18H23NO3/c1-12-7-13(2)9-17(8-12)21-6-5-18(20)19-11-16-10-14(3)22-15(16)4/h7-10H,5-6,11H2,1-4H3,(H,19,20). The summed E-state index contributed by atoms with van der Waals surface area (Å²) in [6.07, 6.45) is 0.336. The Kier molecular flexibility index (Phi) is 5.26. The average molecular weight is 301 g/mol. The number of rotatable bonds is 6. The topological polar surface area (TPSA) is 51.5 Å². The zero-order chi connectivity index (χ0) is 16.1. The van der Waals surface area contributed by atoms with Gasteiger partial charge in [0.2, 0.25) is 5.91 Å². The molecule has 0 aliphatic rings. The molecule has 1 heterocycles. The summed E-state index contributed by atoms with van der Waals surface area (Å²) in [6, 6.07) is 7.99. The van der Waals surface area contributed by atoms with Crippen LogP contribution in [0.3, 0.4) is 0 Å². The number of carbonyl (C=O) groups is 1. The fraction of sp³-hybridized carbons (Fsp3) is 0.389. The summed E-state index contributed by atoms with van der Waals surface area (Å²) in [4.78, 5) is 11.8. The molecule has 0 atom stereocenters. The van der Waals surface area contributed by atoms with Gasteiger partial charge in [-0.15, -0.1) is 0 Å². The lowest BCUT2D eigenvalue weighted by Crippen LogP contribution is -2.24. The Morgan fingerprint density at radius 2 is 1.77 bits per heavy atom. The van der Waals surface area contributed by atoms with Gasteiger partial charge in [0.1, 0.15) is 17.3 Å². The fourth-order valence-corrected chi connectivity index (χ4v) is 2.42. The van der Waals surface area contributed by atoms with Crippen molar-refractivity contribution >= 4 is 5.91 Å². The van der Waals surface area contributed by atoms with Crippen molar-refractivity contribution in [2.24, 2.45) is 0 Å². The molecule has 2 aromatic rings. The minimum Gasteiger partial charge on any atom is -0.493 e. The van der Waals surface area contributed by atoms with Gasteiger partial charge >= 0.3 is 0 Å². The lowest BCUT2D eigenvalue weighted by Gasteiger charge is -2.08. The van der Waals surface area contributed by atoms with Gasteiger partial charge in [0.05, 0.1) is 13.0 Å². The predicted octanol–water partition coefficient (Wildman–Crippen LogP) is 3.60. The summed E-state index contributed by atoms with van der Waals surface area (Å²) >= 11 is 0. The lowest BCUT2D eigenvalue weighted by molar-refractivity contribution is -0.121. The van der Waals surface area contributed by atoms with Crippen molar-refractivity contribution in [1.82, 2.24) is 5.32 Å². The normalized spacial score (nSPS) is 10.5. The van der Waals surface area contributed by atoms with E-state index in [1.54, 1.807) is 0 Å². The molecular weight excluding hydrogens is 278 g/mol. The second-order valence-electron chi connectivity index (χ2n) is 5.64. The number of nitrogens with one attached hydrogen (secondary N) is 1. The number of amides is 1. The van der Waals surface area contributed by atoms with E-state index in [-0.39, 0.29) is 5.91 Å². The van der Waals surface area contributed by atoms with Gasteiger partial charge in [0.15, 0.2) is 0 Å². The number of furan rings is 1. The minimum atomic E-state index is -0.0253. The van der Waals surface area contributed by atoms with Crippen molar-refractivity contribution in [1.29, 1.82) is 0 Å². The number of carbonyl (C=O) groups excluding carboxylic acids is 1. The maximum absolute atomic E-state index is 11.8. The summed E-state index contributed by atoms with van der Waals surface area (Å²) in [5.74, 6) is 2.50. The minimum absolute atomic E-state index is 0.0253. The summed E-state index contributed by atoms with van der Waals surface area (Å²) < 4.78 is 11.1. The van der Waals surface area contributed by atoms with Crippen molar-refractivity contribution in [3.8, 4) is 5.75 Å². The molecule has 1 aromatic heterocycles. The SMILES string of the molecule is Cc1cc(C)cc(OCCC(=O)NCc2cc(C)oc2C)c1. The highest BCUT2D eigenvalue weighted by atomic mass is 16.5. The molecule has 0 aliphatic heterocycles. The first kappa shape index (κ1) is 16.1. The maximum Gasteiger partial charge on any atom is 0.223 e. The van der Waals surface area contributed by atoms with Gasteiger partial charge in [0, 0.05) is 12.1 Å². The number of hydrogen-bond donors (Lipinski definition) is 1. The molecule has 1 aromatic carbocycles. The van der Waals surface area contributed by atoms with E-state index in [0.717, 1.165) is 34.0 Å².